The van der Waals surface area contributed by atoms with E-state index in [0.29, 0.717) is 17.7 Å². The highest BCUT2D eigenvalue weighted by Crippen LogP contribution is 2.33. The summed E-state index contributed by atoms with van der Waals surface area (Å²) in [5, 5.41) is 16.8. The van der Waals surface area contributed by atoms with E-state index < -0.39 is 6.10 Å². The van der Waals surface area contributed by atoms with Gasteiger partial charge in [0, 0.05) is 12.2 Å². The van der Waals surface area contributed by atoms with Crippen molar-refractivity contribution in [1.82, 2.24) is 15.1 Å². The molecule has 1 aromatic carbocycles. The fraction of sp³-hybridized carbons (Fsp3) is 0.375. The fourth-order valence-electron chi connectivity index (χ4n) is 2.87. The highest BCUT2D eigenvalue weighted by Gasteiger charge is 2.36. The minimum atomic E-state index is -0.609. The molecule has 2 atom stereocenters. The summed E-state index contributed by atoms with van der Waals surface area (Å²) in [6.45, 7) is 2.20. The van der Waals surface area contributed by atoms with Crippen LogP contribution in [0.2, 0.25) is 0 Å². The number of aliphatic hydroxyl groups is 1. The Bertz CT molecular complexity index is 686. The number of halogens is 1. The van der Waals surface area contributed by atoms with Crippen molar-refractivity contribution in [2.24, 2.45) is 0 Å². The SMILES string of the molecule is CCc1cc(C(=O)N2C[C@@H](O)C[C@@H]2c2cccc(F)c2)n[nH]1. The number of β-amino-alcohol motifs (C(OH)–C–C–N with tert-alkyl or cyclic N) is 1. The Morgan fingerprint density at radius 2 is 2.32 bits per heavy atom. The molecule has 2 aromatic rings. The van der Waals surface area contributed by atoms with Gasteiger partial charge in [-0.15, -0.1) is 0 Å². The average Bonchev–Trinajstić information content (AvgIpc) is 3.13. The molecule has 2 heterocycles. The van der Waals surface area contributed by atoms with Crippen LogP contribution in [0.3, 0.4) is 0 Å². The first-order chi connectivity index (χ1) is 10.6. The fourth-order valence-corrected chi connectivity index (χ4v) is 2.87. The van der Waals surface area contributed by atoms with E-state index in [1.54, 1.807) is 23.1 Å². The van der Waals surface area contributed by atoms with Gasteiger partial charge >= 0.3 is 0 Å². The summed E-state index contributed by atoms with van der Waals surface area (Å²) in [7, 11) is 0. The number of rotatable bonds is 3. The van der Waals surface area contributed by atoms with Gasteiger partial charge < -0.3 is 10.0 Å². The zero-order valence-electron chi connectivity index (χ0n) is 12.3. The topological polar surface area (TPSA) is 69.2 Å². The van der Waals surface area contributed by atoms with Crippen LogP contribution in [0.5, 0.6) is 0 Å². The number of carbonyl (C=O) groups excluding carboxylic acids is 1. The molecule has 0 bridgehead atoms. The molecule has 1 aliphatic heterocycles. The second-order valence-electron chi connectivity index (χ2n) is 5.55. The Kier molecular flexibility index (Phi) is 3.94. The van der Waals surface area contributed by atoms with Crippen molar-refractivity contribution in [2.45, 2.75) is 31.9 Å². The number of aromatic nitrogens is 2. The van der Waals surface area contributed by atoms with Crippen molar-refractivity contribution in [3.63, 3.8) is 0 Å². The van der Waals surface area contributed by atoms with Crippen molar-refractivity contribution in [3.8, 4) is 0 Å². The van der Waals surface area contributed by atoms with Crippen LogP contribution in [0.4, 0.5) is 4.39 Å². The van der Waals surface area contributed by atoms with Crippen molar-refractivity contribution < 1.29 is 14.3 Å². The number of amides is 1. The Balaban J connectivity index is 1.88. The first-order valence-electron chi connectivity index (χ1n) is 7.37. The molecular weight excluding hydrogens is 285 g/mol. The lowest BCUT2D eigenvalue weighted by atomic mass is 10.0. The Labute approximate surface area is 127 Å². The zero-order valence-corrected chi connectivity index (χ0v) is 12.3. The first kappa shape index (κ1) is 14.7. The van der Waals surface area contributed by atoms with E-state index in [1.807, 2.05) is 6.92 Å². The second kappa shape index (κ2) is 5.88. The summed E-state index contributed by atoms with van der Waals surface area (Å²) in [5.74, 6) is -0.596. The molecule has 116 valence electrons. The maximum Gasteiger partial charge on any atom is 0.274 e. The smallest absolute Gasteiger partial charge is 0.274 e. The average molecular weight is 303 g/mol. The number of aliphatic hydroxyl groups excluding tert-OH is 1. The molecule has 2 N–H and O–H groups in total. The number of H-pyrrole nitrogens is 1. The lowest BCUT2D eigenvalue weighted by Gasteiger charge is -2.24. The van der Waals surface area contributed by atoms with Crippen molar-refractivity contribution in [2.75, 3.05) is 6.54 Å². The van der Waals surface area contributed by atoms with Gasteiger partial charge in [0.15, 0.2) is 0 Å². The Morgan fingerprint density at radius 3 is 3.00 bits per heavy atom. The Hall–Kier alpha value is -2.21. The highest BCUT2D eigenvalue weighted by atomic mass is 19.1. The summed E-state index contributed by atoms with van der Waals surface area (Å²) >= 11 is 0. The largest absolute Gasteiger partial charge is 0.391 e. The maximum atomic E-state index is 13.4. The summed E-state index contributed by atoms with van der Waals surface area (Å²) in [6.07, 6.45) is 0.554. The quantitative estimate of drug-likeness (QED) is 0.912. The molecule has 1 saturated heterocycles. The minimum Gasteiger partial charge on any atom is -0.391 e. The third-order valence-corrected chi connectivity index (χ3v) is 4.00. The second-order valence-corrected chi connectivity index (χ2v) is 5.55. The molecule has 6 heteroatoms. The summed E-state index contributed by atoms with van der Waals surface area (Å²) < 4.78 is 13.4. The van der Waals surface area contributed by atoms with E-state index >= 15 is 0 Å². The third-order valence-electron chi connectivity index (χ3n) is 4.00. The molecule has 1 amide bonds. The Morgan fingerprint density at radius 1 is 1.50 bits per heavy atom. The molecule has 1 aromatic heterocycles. The molecule has 0 radical (unpaired) electrons. The summed E-state index contributed by atoms with van der Waals surface area (Å²) in [6, 6.07) is 7.54. The molecule has 0 saturated carbocycles. The van der Waals surface area contributed by atoms with Gasteiger partial charge in [0.05, 0.1) is 12.1 Å². The number of carbonyl (C=O) groups is 1. The molecule has 3 rings (SSSR count). The van der Waals surface area contributed by atoms with Crippen LogP contribution < -0.4 is 0 Å². The molecule has 0 aliphatic carbocycles. The van der Waals surface area contributed by atoms with Gasteiger partial charge in [-0.1, -0.05) is 19.1 Å². The molecular formula is C16H18FN3O2. The van der Waals surface area contributed by atoms with E-state index in [0.717, 1.165) is 12.1 Å². The van der Waals surface area contributed by atoms with Crippen LogP contribution in [0.15, 0.2) is 30.3 Å². The zero-order chi connectivity index (χ0) is 15.7. The number of hydrogen-bond donors (Lipinski definition) is 2. The maximum absolute atomic E-state index is 13.4. The van der Waals surface area contributed by atoms with Crippen LogP contribution in [-0.4, -0.2) is 38.8 Å². The van der Waals surface area contributed by atoms with Crippen molar-refractivity contribution in [1.29, 1.82) is 0 Å². The molecule has 1 fully saturated rings. The van der Waals surface area contributed by atoms with Crippen LogP contribution in [0.25, 0.3) is 0 Å². The lowest BCUT2D eigenvalue weighted by Crippen LogP contribution is -2.32. The van der Waals surface area contributed by atoms with Gasteiger partial charge in [0.2, 0.25) is 0 Å². The number of aromatic amines is 1. The normalized spacial score (nSPS) is 21.3. The summed E-state index contributed by atoms with van der Waals surface area (Å²) in [4.78, 5) is 14.2. The minimum absolute atomic E-state index is 0.230. The van der Waals surface area contributed by atoms with Crippen LogP contribution in [0.1, 0.15) is 41.1 Å². The number of likely N-dealkylation sites (tertiary alicyclic amines) is 1. The predicted octanol–water partition coefficient (Wildman–Crippen LogP) is 2.06. The van der Waals surface area contributed by atoms with E-state index in [1.165, 1.54) is 12.1 Å². The number of benzene rings is 1. The number of nitrogens with one attached hydrogen (secondary N) is 1. The van der Waals surface area contributed by atoms with Gasteiger partial charge in [-0.25, -0.2) is 4.39 Å². The van der Waals surface area contributed by atoms with Gasteiger partial charge in [-0.05, 0) is 36.6 Å². The third kappa shape index (κ3) is 2.74. The first-order valence-corrected chi connectivity index (χ1v) is 7.37. The van der Waals surface area contributed by atoms with Crippen LogP contribution in [0, 0.1) is 5.82 Å². The molecule has 1 aliphatic rings. The molecule has 0 spiro atoms. The standard InChI is InChI=1S/C16H18FN3O2/c1-2-12-7-14(19-18-12)16(22)20-9-13(21)8-15(20)10-4-3-5-11(17)6-10/h3-7,13,15,21H,2,8-9H2,1H3,(H,18,19)/t13-,15+/m0/s1. The highest BCUT2D eigenvalue weighted by molar-refractivity contribution is 5.93. The van der Waals surface area contributed by atoms with Gasteiger partial charge in [-0.3, -0.25) is 9.89 Å². The molecule has 22 heavy (non-hydrogen) atoms. The predicted molar refractivity (Wildman–Crippen MR) is 78.8 cm³/mol. The molecule has 0 unspecified atom stereocenters. The van der Waals surface area contributed by atoms with E-state index in [-0.39, 0.29) is 24.3 Å². The van der Waals surface area contributed by atoms with E-state index in [2.05, 4.69) is 10.2 Å². The van der Waals surface area contributed by atoms with Crippen molar-refractivity contribution >= 4 is 5.91 Å². The van der Waals surface area contributed by atoms with Gasteiger partial charge in [0.1, 0.15) is 11.5 Å². The summed E-state index contributed by atoms with van der Waals surface area (Å²) in [5.41, 5.74) is 1.90. The lowest BCUT2D eigenvalue weighted by molar-refractivity contribution is 0.0709. The van der Waals surface area contributed by atoms with Crippen LogP contribution >= 0.6 is 0 Å². The number of hydrogen-bond acceptors (Lipinski definition) is 3. The van der Waals surface area contributed by atoms with Crippen LogP contribution in [-0.2, 0) is 6.42 Å². The van der Waals surface area contributed by atoms with E-state index in [9.17, 15) is 14.3 Å². The van der Waals surface area contributed by atoms with Gasteiger partial charge in [0.25, 0.3) is 5.91 Å². The molecule has 5 nitrogen and oxygen atoms in total. The number of aryl methyl sites for hydroxylation is 1. The van der Waals surface area contributed by atoms with Gasteiger partial charge in [-0.2, -0.15) is 5.10 Å². The van der Waals surface area contributed by atoms with E-state index in [4.69, 9.17) is 0 Å². The van der Waals surface area contributed by atoms with Crippen molar-refractivity contribution in [3.05, 3.63) is 53.1 Å². The number of nitrogens with zero attached hydrogens (tertiary/aromatic N) is 2. The monoisotopic (exact) mass is 303 g/mol.